The highest BCUT2D eigenvalue weighted by molar-refractivity contribution is 8.00. The van der Waals surface area contributed by atoms with Gasteiger partial charge in [-0.3, -0.25) is 25.2 Å². The minimum absolute atomic E-state index is 0.00460. The summed E-state index contributed by atoms with van der Waals surface area (Å²) in [4.78, 5) is 38.1. The largest absolute Gasteiger partial charge is 0.494 e. The molecule has 1 fully saturated rings. The van der Waals surface area contributed by atoms with E-state index in [1.807, 2.05) is 31.2 Å². The van der Waals surface area contributed by atoms with Crippen molar-refractivity contribution in [2.75, 3.05) is 25.4 Å². The number of benzene rings is 1. The quantitative estimate of drug-likeness (QED) is 0.556. The first kappa shape index (κ1) is 20.1. The Kier molecular flexibility index (Phi) is 8.27. The summed E-state index contributed by atoms with van der Waals surface area (Å²) in [5.41, 5.74) is 4.75. The molecule has 0 unspecified atom stereocenters. The van der Waals surface area contributed by atoms with Gasteiger partial charge in [0.15, 0.2) is 0 Å². The summed E-state index contributed by atoms with van der Waals surface area (Å²) < 4.78 is 5.37. The number of hydrazine groups is 1. The molecule has 26 heavy (non-hydrogen) atoms. The van der Waals surface area contributed by atoms with Gasteiger partial charge in [0.1, 0.15) is 12.3 Å². The molecule has 8 heteroatoms. The standard InChI is InChI=1S/C18H25N3O4S/c1-2-25-14-7-9-15(10-8-14)26-13-17(23)20-19-16(22)12-21-11-5-3-4-6-18(21)24/h7-10H,2-6,11-13H2,1H3,(H,19,22)(H,20,23). The number of rotatable bonds is 7. The third-order valence-electron chi connectivity index (χ3n) is 3.85. The normalized spacial score (nSPS) is 14.5. The number of hydrogen-bond acceptors (Lipinski definition) is 5. The van der Waals surface area contributed by atoms with Gasteiger partial charge >= 0.3 is 0 Å². The molecule has 1 aliphatic rings. The van der Waals surface area contributed by atoms with Crippen molar-refractivity contribution < 1.29 is 19.1 Å². The van der Waals surface area contributed by atoms with Crippen LogP contribution in [0.2, 0.25) is 0 Å². The fourth-order valence-corrected chi connectivity index (χ4v) is 3.24. The fourth-order valence-electron chi connectivity index (χ4n) is 2.54. The van der Waals surface area contributed by atoms with E-state index in [0.29, 0.717) is 19.6 Å². The predicted molar refractivity (Wildman–Crippen MR) is 99.7 cm³/mol. The zero-order chi connectivity index (χ0) is 18.8. The lowest BCUT2D eigenvalue weighted by atomic mass is 10.2. The van der Waals surface area contributed by atoms with E-state index < -0.39 is 0 Å². The second-order valence-electron chi connectivity index (χ2n) is 5.92. The second kappa shape index (κ2) is 10.7. The topological polar surface area (TPSA) is 87.7 Å². The zero-order valence-corrected chi connectivity index (χ0v) is 15.8. The molecule has 7 nitrogen and oxygen atoms in total. The Morgan fingerprint density at radius 3 is 2.58 bits per heavy atom. The molecule has 0 saturated carbocycles. The van der Waals surface area contributed by atoms with Crippen molar-refractivity contribution in [3.05, 3.63) is 24.3 Å². The van der Waals surface area contributed by atoms with Crippen LogP contribution in [0.25, 0.3) is 0 Å². The highest BCUT2D eigenvalue weighted by Crippen LogP contribution is 2.21. The summed E-state index contributed by atoms with van der Waals surface area (Å²) in [7, 11) is 0. The van der Waals surface area contributed by atoms with E-state index in [1.54, 1.807) is 4.90 Å². The number of ether oxygens (including phenoxy) is 1. The summed E-state index contributed by atoms with van der Waals surface area (Å²) in [5.74, 6) is 0.266. The number of nitrogens with one attached hydrogen (secondary N) is 2. The minimum Gasteiger partial charge on any atom is -0.494 e. The molecule has 1 saturated heterocycles. The smallest absolute Gasteiger partial charge is 0.257 e. The van der Waals surface area contributed by atoms with Crippen LogP contribution in [-0.4, -0.2) is 48.1 Å². The third-order valence-corrected chi connectivity index (χ3v) is 4.86. The first-order valence-corrected chi connectivity index (χ1v) is 9.78. The van der Waals surface area contributed by atoms with Gasteiger partial charge in [0.2, 0.25) is 11.8 Å². The molecule has 0 aromatic heterocycles. The molecule has 2 N–H and O–H groups in total. The van der Waals surface area contributed by atoms with Crippen molar-refractivity contribution in [1.82, 2.24) is 15.8 Å². The third kappa shape index (κ3) is 6.95. The molecular formula is C18H25N3O4S. The van der Waals surface area contributed by atoms with E-state index in [2.05, 4.69) is 10.9 Å². The average molecular weight is 379 g/mol. The monoisotopic (exact) mass is 379 g/mol. The van der Waals surface area contributed by atoms with E-state index in [4.69, 9.17) is 4.74 Å². The highest BCUT2D eigenvalue weighted by atomic mass is 32.2. The van der Waals surface area contributed by atoms with Gasteiger partial charge in [-0.05, 0) is 44.0 Å². The second-order valence-corrected chi connectivity index (χ2v) is 6.96. The molecule has 3 amide bonds. The fraction of sp³-hybridized carbons (Fsp3) is 0.500. The number of carbonyl (C=O) groups is 3. The van der Waals surface area contributed by atoms with Crippen LogP contribution in [-0.2, 0) is 14.4 Å². The molecule has 0 atom stereocenters. The summed E-state index contributed by atoms with van der Waals surface area (Å²) in [6, 6.07) is 7.46. The van der Waals surface area contributed by atoms with E-state index in [-0.39, 0.29) is 30.0 Å². The predicted octanol–water partition coefficient (Wildman–Crippen LogP) is 1.73. The lowest BCUT2D eigenvalue weighted by molar-refractivity contribution is -0.136. The summed E-state index contributed by atoms with van der Waals surface area (Å²) in [6.07, 6.45) is 3.27. The van der Waals surface area contributed by atoms with E-state index in [9.17, 15) is 14.4 Å². The number of nitrogens with zero attached hydrogens (tertiary/aromatic N) is 1. The van der Waals surface area contributed by atoms with E-state index >= 15 is 0 Å². The molecule has 0 aliphatic carbocycles. The van der Waals surface area contributed by atoms with Crippen LogP contribution < -0.4 is 15.6 Å². The summed E-state index contributed by atoms with van der Waals surface area (Å²) >= 11 is 1.36. The Morgan fingerprint density at radius 2 is 1.85 bits per heavy atom. The van der Waals surface area contributed by atoms with Crippen molar-refractivity contribution in [3.8, 4) is 5.75 Å². The zero-order valence-electron chi connectivity index (χ0n) is 15.0. The Bertz CT molecular complexity index is 621. The summed E-state index contributed by atoms with van der Waals surface area (Å²) in [5, 5.41) is 0. The number of thioether (sulfide) groups is 1. The molecule has 1 aromatic carbocycles. The van der Waals surface area contributed by atoms with Gasteiger partial charge in [0, 0.05) is 17.9 Å². The first-order chi connectivity index (χ1) is 12.6. The molecule has 0 bridgehead atoms. The van der Waals surface area contributed by atoms with Crippen LogP contribution in [0, 0.1) is 0 Å². The van der Waals surface area contributed by atoms with Crippen LogP contribution in [0.4, 0.5) is 0 Å². The number of likely N-dealkylation sites (tertiary alicyclic amines) is 1. The Balaban J connectivity index is 1.67. The van der Waals surface area contributed by atoms with Gasteiger partial charge < -0.3 is 9.64 Å². The average Bonchev–Trinajstić information content (AvgIpc) is 2.84. The molecule has 142 valence electrons. The van der Waals surface area contributed by atoms with Crippen molar-refractivity contribution in [2.24, 2.45) is 0 Å². The van der Waals surface area contributed by atoms with Gasteiger partial charge in [-0.15, -0.1) is 11.8 Å². The van der Waals surface area contributed by atoms with Crippen LogP contribution in [0.5, 0.6) is 5.75 Å². The van der Waals surface area contributed by atoms with Gasteiger partial charge in [0.05, 0.1) is 12.4 Å². The molecule has 1 heterocycles. The van der Waals surface area contributed by atoms with Gasteiger partial charge in [-0.1, -0.05) is 6.42 Å². The van der Waals surface area contributed by atoms with Crippen LogP contribution in [0.15, 0.2) is 29.2 Å². The number of amides is 3. The van der Waals surface area contributed by atoms with E-state index in [1.165, 1.54) is 11.8 Å². The van der Waals surface area contributed by atoms with Gasteiger partial charge in [-0.25, -0.2) is 0 Å². The molecular weight excluding hydrogens is 354 g/mol. The highest BCUT2D eigenvalue weighted by Gasteiger charge is 2.19. The van der Waals surface area contributed by atoms with Crippen molar-refractivity contribution in [3.63, 3.8) is 0 Å². The lowest BCUT2D eigenvalue weighted by Gasteiger charge is -2.19. The SMILES string of the molecule is CCOc1ccc(SCC(=O)NNC(=O)CN2CCCCCC2=O)cc1. The first-order valence-electron chi connectivity index (χ1n) is 8.79. The number of carbonyl (C=O) groups excluding carboxylic acids is 3. The molecule has 1 aliphatic heterocycles. The Hall–Kier alpha value is -2.22. The molecule has 0 spiro atoms. The van der Waals surface area contributed by atoms with Crippen LogP contribution in [0.1, 0.15) is 32.6 Å². The maximum atomic E-state index is 11.9. The van der Waals surface area contributed by atoms with Gasteiger partial charge in [0.25, 0.3) is 5.91 Å². The maximum Gasteiger partial charge on any atom is 0.257 e. The Labute approximate surface area is 157 Å². The lowest BCUT2D eigenvalue weighted by Crippen LogP contribution is -2.48. The van der Waals surface area contributed by atoms with Crippen molar-refractivity contribution in [1.29, 1.82) is 0 Å². The minimum atomic E-state index is -0.389. The Morgan fingerprint density at radius 1 is 1.12 bits per heavy atom. The molecule has 2 rings (SSSR count). The summed E-state index contributed by atoms with van der Waals surface area (Å²) in [6.45, 7) is 3.10. The van der Waals surface area contributed by atoms with E-state index in [0.717, 1.165) is 29.9 Å². The molecule has 0 radical (unpaired) electrons. The number of hydrogen-bond donors (Lipinski definition) is 2. The van der Waals surface area contributed by atoms with Crippen molar-refractivity contribution in [2.45, 2.75) is 37.5 Å². The molecule has 1 aromatic rings. The van der Waals surface area contributed by atoms with Crippen LogP contribution >= 0.6 is 11.8 Å². The van der Waals surface area contributed by atoms with Crippen molar-refractivity contribution >= 4 is 29.5 Å². The van der Waals surface area contributed by atoms with Gasteiger partial charge in [-0.2, -0.15) is 0 Å². The maximum absolute atomic E-state index is 11.9. The van der Waals surface area contributed by atoms with Crippen LogP contribution in [0.3, 0.4) is 0 Å².